The van der Waals surface area contributed by atoms with Crippen molar-refractivity contribution in [3.63, 3.8) is 0 Å². The SMILES string of the molecule is O=c1c(F)c(F)c(F)nn1C1CCCCO1. The Labute approximate surface area is 88.6 Å². The maximum atomic E-state index is 13.0. The maximum Gasteiger partial charge on any atom is 0.308 e. The zero-order chi connectivity index (χ0) is 11.7. The molecule has 0 N–H and O–H groups in total. The Morgan fingerprint density at radius 3 is 2.62 bits per heavy atom. The lowest BCUT2D eigenvalue weighted by Crippen LogP contribution is -2.34. The van der Waals surface area contributed by atoms with E-state index in [9.17, 15) is 18.0 Å². The summed E-state index contributed by atoms with van der Waals surface area (Å²) in [7, 11) is 0. The molecule has 2 heterocycles. The van der Waals surface area contributed by atoms with Gasteiger partial charge in [-0.1, -0.05) is 0 Å². The molecule has 1 aliphatic heterocycles. The number of hydrogen-bond donors (Lipinski definition) is 0. The van der Waals surface area contributed by atoms with Crippen LogP contribution in [0, 0.1) is 17.6 Å². The van der Waals surface area contributed by atoms with Crippen LogP contribution in [-0.2, 0) is 4.74 Å². The standard InChI is InChI=1S/C9H9F3N2O2/c10-6-7(11)9(15)14(13-8(6)12)5-3-1-2-4-16-5/h5H,1-4H2. The van der Waals surface area contributed by atoms with Crippen molar-refractivity contribution in [2.45, 2.75) is 25.5 Å². The fourth-order valence-electron chi connectivity index (χ4n) is 1.58. The second-order valence-electron chi connectivity index (χ2n) is 3.49. The monoisotopic (exact) mass is 234 g/mol. The smallest absolute Gasteiger partial charge is 0.308 e. The molecular weight excluding hydrogens is 225 g/mol. The molecule has 1 aliphatic rings. The highest BCUT2D eigenvalue weighted by atomic mass is 19.2. The van der Waals surface area contributed by atoms with Gasteiger partial charge in [0, 0.05) is 6.61 Å². The largest absolute Gasteiger partial charge is 0.356 e. The first-order valence-electron chi connectivity index (χ1n) is 4.86. The van der Waals surface area contributed by atoms with E-state index in [4.69, 9.17) is 4.74 Å². The Kier molecular flexibility index (Phi) is 2.95. The van der Waals surface area contributed by atoms with E-state index in [1.54, 1.807) is 0 Å². The zero-order valence-electron chi connectivity index (χ0n) is 8.25. The summed E-state index contributed by atoms with van der Waals surface area (Å²) < 4.78 is 44.1. The van der Waals surface area contributed by atoms with E-state index in [-0.39, 0.29) is 0 Å². The summed E-state index contributed by atoms with van der Waals surface area (Å²) in [6.45, 7) is 0.388. The van der Waals surface area contributed by atoms with Gasteiger partial charge in [-0.3, -0.25) is 4.79 Å². The van der Waals surface area contributed by atoms with Crippen molar-refractivity contribution in [1.29, 1.82) is 0 Å². The number of rotatable bonds is 1. The Morgan fingerprint density at radius 1 is 1.25 bits per heavy atom. The molecule has 1 saturated heterocycles. The molecule has 0 aliphatic carbocycles. The minimum atomic E-state index is -1.85. The summed E-state index contributed by atoms with van der Waals surface area (Å²) in [5.74, 6) is -5.25. The lowest BCUT2D eigenvalue weighted by atomic mass is 10.2. The summed E-state index contributed by atoms with van der Waals surface area (Å²) in [6, 6.07) is 0. The second-order valence-corrected chi connectivity index (χ2v) is 3.49. The van der Waals surface area contributed by atoms with Gasteiger partial charge in [-0.25, -0.2) is 0 Å². The van der Waals surface area contributed by atoms with Gasteiger partial charge in [0.2, 0.25) is 11.6 Å². The third-order valence-electron chi connectivity index (χ3n) is 2.39. The molecule has 0 amide bonds. The second kappa shape index (κ2) is 4.25. The molecule has 1 atom stereocenters. The van der Waals surface area contributed by atoms with E-state index in [0.29, 0.717) is 17.7 Å². The first-order valence-corrected chi connectivity index (χ1v) is 4.86. The summed E-state index contributed by atoms with van der Waals surface area (Å²) >= 11 is 0. The third-order valence-corrected chi connectivity index (χ3v) is 2.39. The van der Waals surface area contributed by atoms with Crippen molar-refractivity contribution < 1.29 is 17.9 Å². The van der Waals surface area contributed by atoms with Crippen LogP contribution in [0.2, 0.25) is 0 Å². The molecule has 88 valence electrons. The van der Waals surface area contributed by atoms with E-state index in [1.807, 2.05) is 0 Å². The maximum absolute atomic E-state index is 13.0. The van der Waals surface area contributed by atoms with Gasteiger partial charge in [0.05, 0.1) is 0 Å². The molecule has 0 bridgehead atoms. The van der Waals surface area contributed by atoms with Crippen LogP contribution in [-0.4, -0.2) is 16.4 Å². The van der Waals surface area contributed by atoms with Gasteiger partial charge in [-0.05, 0) is 19.3 Å². The number of hydrogen-bond acceptors (Lipinski definition) is 3. The molecule has 1 fully saturated rings. The first-order chi connectivity index (χ1) is 7.61. The van der Waals surface area contributed by atoms with Crippen molar-refractivity contribution in [3.8, 4) is 0 Å². The Morgan fingerprint density at radius 2 is 2.00 bits per heavy atom. The van der Waals surface area contributed by atoms with Crippen LogP contribution in [0.3, 0.4) is 0 Å². The first kappa shape index (κ1) is 11.1. The van der Waals surface area contributed by atoms with Crippen molar-refractivity contribution in [3.05, 3.63) is 27.9 Å². The molecule has 4 nitrogen and oxygen atoms in total. The van der Waals surface area contributed by atoms with Gasteiger partial charge in [-0.2, -0.15) is 17.9 Å². The van der Waals surface area contributed by atoms with Crippen molar-refractivity contribution in [2.24, 2.45) is 0 Å². The van der Waals surface area contributed by atoms with Gasteiger partial charge in [0.1, 0.15) is 0 Å². The minimum Gasteiger partial charge on any atom is -0.356 e. The Bertz CT molecular complexity index is 455. The molecular formula is C9H9F3N2O2. The number of halogens is 3. The van der Waals surface area contributed by atoms with Gasteiger partial charge in [-0.15, -0.1) is 5.10 Å². The van der Waals surface area contributed by atoms with Crippen LogP contribution in [0.5, 0.6) is 0 Å². The van der Waals surface area contributed by atoms with Gasteiger partial charge in [0.25, 0.3) is 5.95 Å². The lowest BCUT2D eigenvalue weighted by Gasteiger charge is -2.23. The van der Waals surface area contributed by atoms with Crippen LogP contribution in [0.4, 0.5) is 13.2 Å². The molecule has 0 spiro atoms. The predicted molar refractivity (Wildman–Crippen MR) is 47.2 cm³/mol. The Balaban J connectivity index is 2.44. The van der Waals surface area contributed by atoms with Crippen LogP contribution in [0.1, 0.15) is 25.5 Å². The molecule has 16 heavy (non-hydrogen) atoms. The summed E-state index contributed by atoms with van der Waals surface area (Å²) in [4.78, 5) is 11.3. The normalized spacial score (nSPS) is 21.1. The summed E-state index contributed by atoms with van der Waals surface area (Å²) in [5.41, 5.74) is -1.30. The number of aromatic nitrogens is 2. The van der Waals surface area contributed by atoms with Crippen molar-refractivity contribution >= 4 is 0 Å². The van der Waals surface area contributed by atoms with Crippen LogP contribution < -0.4 is 5.56 Å². The molecule has 1 aromatic rings. The average Bonchev–Trinajstić information content (AvgIpc) is 2.32. The molecule has 7 heteroatoms. The summed E-state index contributed by atoms with van der Waals surface area (Å²) in [6.07, 6.45) is 1.19. The molecule has 2 rings (SSSR count). The van der Waals surface area contributed by atoms with Crippen molar-refractivity contribution in [2.75, 3.05) is 6.61 Å². The van der Waals surface area contributed by atoms with Crippen LogP contribution in [0.25, 0.3) is 0 Å². The van der Waals surface area contributed by atoms with E-state index in [0.717, 1.165) is 12.8 Å². The van der Waals surface area contributed by atoms with Gasteiger partial charge < -0.3 is 4.74 Å². The van der Waals surface area contributed by atoms with Crippen molar-refractivity contribution in [1.82, 2.24) is 9.78 Å². The predicted octanol–water partition coefficient (Wildman–Crippen LogP) is 1.36. The fourth-order valence-corrected chi connectivity index (χ4v) is 1.58. The highest BCUT2D eigenvalue weighted by molar-refractivity contribution is 4.96. The highest BCUT2D eigenvalue weighted by Gasteiger charge is 2.24. The van der Waals surface area contributed by atoms with Crippen LogP contribution >= 0.6 is 0 Å². The van der Waals surface area contributed by atoms with E-state index in [2.05, 4.69) is 5.10 Å². The van der Waals surface area contributed by atoms with E-state index in [1.165, 1.54) is 0 Å². The molecule has 0 radical (unpaired) electrons. The van der Waals surface area contributed by atoms with Gasteiger partial charge >= 0.3 is 5.56 Å². The number of nitrogens with zero attached hydrogens (tertiary/aromatic N) is 2. The van der Waals surface area contributed by atoms with E-state index >= 15 is 0 Å². The Hall–Kier alpha value is -1.37. The van der Waals surface area contributed by atoms with E-state index < -0.39 is 29.4 Å². The molecule has 1 unspecified atom stereocenters. The van der Waals surface area contributed by atoms with Gasteiger partial charge in [0.15, 0.2) is 6.23 Å². The zero-order valence-corrected chi connectivity index (χ0v) is 8.25. The summed E-state index contributed by atoms with van der Waals surface area (Å²) in [5, 5.41) is 3.05. The number of ether oxygens (including phenoxy) is 1. The molecule has 1 aromatic heterocycles. The fraction of sp³-hybridized carbons (Fsp3) is 0.556. The third kappa shape index (κ3) is 1.82. The lowest BCUT2D eigenvalue weighted by molar-refractivity contribution is -0.0450. The van der Waals surface area contributed by atoms with Crippen LogP contribution in [0.15, 0.2) is 4.79 Å². The average molecular weight is 234 g/mol. The minimum absolute atomic E-state index is 0.388. The molecule has 0 saturated carbocycles. The quantitative estimate of drug-likeness (QED) is 0.736. The topological polar surface area (TPSA) is 44.1 Å². The molecule has 0 aromatic carbocycles. The highest BCUT2D eigenvalue weighted by Crippen LogP contribution is 2.20.